The molecule has 1 saturated heterocycles. The number of hydrogen-bond donors (Lipinski definition) is 4. The minimum atomic E-state index is -0.847. The number of anilines is 1. The van der Waals surface area contributed by atoms with Gasteiger partial charge in [-0.1, -0.05) is 92.3 Å². The van der Waals surface area contributed by atoms with E-state index in [0.29, 0.717) is 16.6 Å². The minimum Gasteiger partial charge on any atom is -0.368 e. The lowest BCUT2D eigenvalue weighted by atomic mass is 9.86. The van der Waals surface area contributed by atoms with Gasteiger partial charge in [0, 0.05) is 58.5 Å². The molecule has 4 aromatic rings. The van der Waals surface area contributed by atoms with Crippen molar-refractivity contribution in [1.82, 2.24) is 19.8 Å². The third kappa shape index (κ3) is 8.41. The molecular weight excluding hydrogens is 628 g/mol. The number of carbonyl (C=O) groups is 3. The number of aryl methyl sites for hydroxylation is 2. The molecule has 10 nitrogen and oxygen atoms in total. The number of aromatic nitrogens is 2. The van der Waals surface area contributed by atoms with Gasteiger partial charge in [-0.05, 0) is 48.4 Å². The van der Waals surface area contributed by atoms with Gasteiger partial charge in [0.2, 0.25) is 11.8 Å². The maximum absolute atomic E-state index is 13.8. The van der Waals surface area contributed by atoms with Crippen molar-refractivity contribution < 1.29 is 19.1 Å². The van der Waals surface area contributed by atoms with Crippen LogP contribution in [-0.4, -0.2) is 45.2 Å². The molecule has 3 heterocycles. The van der Waals surface area contributed by atoms with Crippen LogP contribution >= 0.6 is 0 Å². The maximum Gasteiger partial charge on any atom is 0.254 e. The van der Waals surface area contributed by atoms with Crippen molar-refractivity contribution in [2.24, 2.45) is 17.1 Å². The molecular formula is C40H56N6O4. The van der Waals surface area contributed by atoms with Crippen LogP contribution in [0.15, 0.2) is 54.9 Å². The zero-order chi connectivity index (χ0) is 36.2. The Morgan fingerprint density at radius 3 is 2.14 bits per heavy atom. The third-order valence-electron chi connectivity index (χ3n) is 9.73. The largest absolute Gasteiger partial charge is 0.368 e. The van der Waals surface area contributed by atoms with Gasteiger partial charge in [-0.2, -0.15) is 0 Å². The highest BCUT2D eigenvalue weighted by molar-refractivity contribution is 6.09. The van der Waals surface area contributed by atoms with E-state index in [9.17, 15) is 14.4 Å². The molecule has 1 aliphatic rings. The van der Waals surface area contributed by atoms with Gasteiger partial charge < -0.3 is 30.2 Å². The Hall–Kier alpha value is -4.15. The summed E-state index contributed by atoms with van der Waals surface area (Å²) in [6.07, 6.45) is 10.2. The van der Waals surface area contributed by atoms with Crippen molar-refractivity contribution in [2.45, 2.75) is 124 Å². The van der Waals surface area contributed by atoms with E-state index < -0.39 is 23.4 Å². The lowest BCUT2D eigenvalue weighted by Crippen LogP contribution is -2.52. The first-order valence-corrected chi connectivity index (χ1v) is 18.4. The van der Waals surface area contributed by atoms with Gasteiger partial charge in [0.15, 0.2) is 0 Å². The van der Waals surface area contributed by atoms with E-state index in [1.54, 1.807) is 0 Å². The summed E-state index contributed by atoms with van der Waals surface area (Å²) in [6.45, 7) is 15.7. The standard InChI is InChI=1S/C40H56N6O4/c1-8-10-14-20-45-23-29(27-16-12-13-17-31(27)45)34-39(50-34)43-33(25(3)4)38(49)42-26-18-19-32-28(22-26)30(24-46(32)21-15-11-9-2)37(48)44-35(36(41)47)40(5,6)7/h12-13,16-19,22-25,33-35,39,43H,8-11,14-15,20-21H2,1-7H3,(H2,41,47)(H,42,49)(H,44,48). The van der Waals surface area contributed by atoms with Crippen LogP contribution in [0.2, 0.25) is 0 Å². The number of unbranched alkanes of at least 4 members (excludes halogenated alkanes) is 4. The van der Waals surface area contributed by atoms with Crippen LogP contribution in [0.25, 0.3) is 21.8 Å². The topological polar surface area (TPSA) is 136 Å². The van der Waals surface area contributed by atoms with E-state index in [1.165, 1.54) is 23.7 Å². The molecule has 1 fully saturated rings. The van der Waals surface area contributed by atoms with Crippen molar-refractivity contribution in [3.63, 3.8) is 0 Å². The molecule has 0 aliphatic carbocycles. The molecule has 3 amide bonds. The lowest BCUT2D eigenvalue weighted by Gasteiger charge is -2.28. The molecule has 5 rings (SSSR count). The second-order valence-electron chi connectivity index (χ2n) is 15.2. The number of nitrogens with zero attached hydrogens (tertiary/aromatic N) is 2. The fourth-order valence-corrected chi connectivity index (χ4v) is 6.86. The smallest absolute Gasteiger partial charge is 0.254 e. The van der Waals surface area contributed by atoms with Crippen LogP contribution in [-0.2, 0) is 27.4 Å². The first-order chi connectivity index (χ1) is 23.8. The van der Waals surface area contributed by atoms with E-state index in [-0.39, 0.29) is 30.1 Å². The Morgan fingerprint density at radius 1 is 0.880 bits per heavy atom. The van der Waals surface area contributed by atoms with Gasteiger partial charge in [0.05, 0.1) is 11.6 Å². The summed E-state index contributed by atoms with van der Waals surface area (Å²) in [7, 11) is 0. The van der Waals surface area contributed by atoms with Crippen LogP contribution in [0.5, 0.6) is 0 Å². The predicted molar refractivity (Wildman–Crippen MR) is 201 cm³/mol. The average molecular weight is 685 g/mol. The first kappa shape index (κ1) is 37.1. The molecule has 0 spiro atoms. The van der Waals surface area contributed by atoms with Crippen molar-refractivity contribution in [2.75, 3.05) is 5.32 Å². The van der Waals surface area contributed by atoms with E-state index in [4.69, 9.17) is 10.5 Å². The molecule has 0 saturated carbocycles. The summed E-state index contributed by atoms with van der Waals surface area (Å²) in [5, 5.41) is 11.3. The summed E-state index contributed by atoms with van der Waals surface area (Å²) in [5.41, 5.74) is 9.38. The van der Waals surface area contributed by atoms with Gasteiger partial charge in [0.25, 0.3) is 5.91 Å². The van der Waals surface area contributed by atoms with Crippen LogP contribution in [0.1, 0.15) is 109 Å². The number of epoxide rings is 1. The molecule has 4 atom stereocenters. The average Bonchev–Trinajstić information content (AvgIpc) is 3.60. The van der Waals surface area contributed by atoms with Gasteiger partial charge in [-0.15, -0.1) is 0 Å². The number of hydrogen-bond acceptors (Lipinski definition) is 5. The number of fused-ring (bicyclic) bond motifs is 2. The first-order valence-electron chi connectivity index (χ1n) is 18.4. The zero-order valence-corrected chi connectivity index (χ0v) is 30.8. The fraction of sp³-hybridized carbons (Fsp3) is 0.525. The normalized spacial score (nSPS) is 17.3. The monoisotopic (exact) mass is 684 g/mol. The van der Waals surface area contributed by atoms with Crippen LogP contribution in [0, 0.1) is 11.3 Å². The van der Waals surface area contributed by atoms with Crippen LogP contribution in [0.3, 0.4) is 0 Å². The number of nitrogens with one attached hydrogen (secondary N) is 3. The van der Waals surface area contributed by atoms with Gasteiger partial charge in [0.1, 0.15) is 18.4 Å². The van der Waals surface area contributed by atoms with Gasteiger partial charge >= 0.3 is 0 Å². The Balaban J connectivity index is 1.34. The Kier molecular flexibility index (Phi) is 11.7. The molecule has 5 N–H and O–H groups in total. The Bertz CT molecular complexity index is 1820. The number of carbonyl (C=O) groups excluding carboxylic acids is 3. The van der Waals surface area contributed by atoms with E-state index in [0.717, 1.165) is 49.9 Å². The van der Waals surface area contributed by atoms with Gasteiger partial charge in [-0.3, -0.25) is 19.7 Å². The highest BCUT2D eigenvalue weighted by atomic mass is 16.6. The van der Waals surface area contributed by atoms with Gasteiger partial charge in [-0.25, -0.2) is 0 Å². The van der Waals surface area contributed by atoms with E-state index >= 15 is 0 Å². The molecule has 2 aromatic heterocycles. The highest BCUT2D eigenvalue weighted by Gasteiger charge is 2.44. The second-order valence-corrected chi connectivity index (χ2v) is 15.2. The van der Waals surface area contributed by atoms with Crippen LogP contribution < -0.4 is 21.7 Å². The summed E-state index contributed by atoms with van der Waals surface area (Å²) in [6, 6.07) is 12.7. The summed E-state index contributed by atoms with van der Waals surface area (Å²) in [4.78, 5) is 39.8. The summed E-state index contributed by atoms with van der Waals surface area (Å²) < 4.78 is 10.6. The molecule has 0 bridgehead atoms. The number of primary amides is 1. The van der Waals surface area contributed by atoms with E-state index in [1.807, 2.05) is 59.0 Å². The maximum atomic E-state index is 13.8. The van der Waals surface area contributed by atoms with Crippen molar-refractivity contribution in [3.8, 4) is 0 Å². The molecule has 4 unspecified atom stereocenters. The molecule has 2 aromatic carbocycles. The number of nitrogens with two attached hydrogens (primary N) is 1. The molecule has 0 radical (unpaired) electrons. The zero-order valence-electron chi connectivity index (χ0n) is 30.8. The summed E-state index contributed by atoms with van der Waals surface area (Å²) >= 11 is 0. The molecule has 50 heavy (non-hydrogen) atoms. The quantitative estimate of drug-likeness (QED) is 0.0686. The van der Waals surface area contributed by atoms with Crippen LogP contribution in [0.4, 0.5) is 5.69 Å². The van der Waals surface area contributed by atoms with Crippen molar-refractivity contribution in [1.29, 1.82) is 0 Å². The third-order valence-corrected chi connectivity index (χ3v) is 9.73. The minimum absolute atomic E-state index is 0.0110. The van der Waals surface area contributed by atoms with E-state index in [2.05, 4.69) is 69.4 Å². The lowest BCUT2D eigenvalue weighted by molar-refractivity contribution is -0.122. The van der Waals surface area contributed by atoms with Crippen molar-refractivity contribution in [3.05, 3.63) is 66.0 Å². The Morgan fingerprint density at radius 2 is 1.52 bits per heavy atom. The highest BCUT2D eigenvalue weighted by Crippen LogP contribution is 2.42. The number of para-hydroxylation sites is 1. The number of benzene rings is 2. The summed E-state index contributed by atoms with van der Waals surface area (Å²) in [5.74, 6) is -1.15. The number of rotatable bonds is 17. The number of ether oxygens (including phenoxy) is 1. The molecule has 1 aliphatic heterocycles. The SMILES string of the molecule is CCCCCn1cc(C(=O)NC(C(N)=O)C(C)(C)C)c2cc(NC(=O)C(NC3OC3c3cn(CCCCC)c4ccccc34)C(C)C)ccc21. The fourth-order valence-electron chi connectivity index (χ4n) is 6.86. The second kappa shape index (κ2) is 15.8. The van der Waals surface area contributed by atoms with Crippen molar-refractivity contribution >= 4 is 45.2 Å². The Labute approximate surface area is 296 Å². The predicted octanol–water partition coefficient (Wildman–Crippen LogP) is 7.26. The number of amides is 3. The molecule has 10 heteroatoms. The molecule has 270 valence electrons.